The van der Waals surface area contributed by atoms with E-state index >= 15 is 0 Å². The van der Waals surface area contributed by atoms with E-state index in [-0.39, 0.29) is 11.7 Å². The summed E-state index contributed by atoms with van der Waals surface area (Å²) >= 11 is 0. The quantitative estimate of drug-likeness (QED) is 0.858. The number of amides is 1. The van der Waals surface area contributed by atoms with Gasteiger partial charge < -0.3 is 14.4 Å². The summed E-state index contributed by atoms with van der Waals surface area (Å²) in [5.74, 6) is 1.49. The van der Waals surface area contributed by atoms with Crippen LogP contribution < -0.4 is 9.47 Å². The van der Waals surface area contributed by atoms with Gasteiger partial charge in [0, 0.05) is 48.7 Å². The Kier molecular flexibility index (Phi) is 4.07. The maximum absolute atomic E-state index is 13.0. The third-order valence-electron chi connectivity index (χ3n) is 4.90. The number of ether oxygens (including phenoxy) is 2. The molecule has 2 aliphatic rings. The van der Waals surface area contributed by atoms with Crippen LogP contribution in [-0.2, 0) is 19.3 Å². The second-order valence-corrected chi connectivity index (χ2v) is 6.50. The lowest BCUT2D eigenvalue weighted by atomic mass is 9.97. The smallest absolute Gasteiger partial charge is 0.253 e. The van der Waals surface area contributed by atoms with Crippen LogP contribution in [0.3, 0.4) is 0 Å². The van der Waals surface area contributed by atoms with Crippen LogP contribution in [0.1, 0.15) is 27.0 Å². The summed E-state index contributed by atoms with van der Waals surface area (Å²) in [6.07, 6.45) is 2.51. The first-order valence-corrected chi connectivity index (χ1v) is 8.58. The molecule has 0 unspecified atom stereocenters. The van der Waals surface area contributed by atoms with E-state index in [9.17, 15) is 9.18 Å². The third-order valence-corrected chi connectivity index (χ3v) is 4.90. The normalized spacial score (nSPS) is 14.5. The summed E-state index contributed by atoms with van der Waals surface area (Å²) in [7, 11) is 1.77. The number of likely N-dealkylation sites (N-methyl/N-ethyl adjacent to an activating group) is 1. The molecule has 25 heavy (non-hydrogen) atoms. The summed E-state index contributed by atoms with van der Waals surface area (Å²) in [6, 6.07) is 7.75. The van der Waals surface area contributed by atoms with Gasteiger partial charge in [-0.2, -0.15) is 0 Å². The molecule has 0 saturated heterocycles. The van der Waals surface area contributed by atoms with Crippen LogP contribution in [-0.4, -0.2) is 37.6 Å². The fourth-order valence-corrected chi connectivity index (χ4v) is 3.54. The number of hydrogen-bond acceptors (Lipinski definition) is 3. The standard InChI is InChI=1S/C20H20FNO3/c1-22(20(23)13-2-4-15(21)5-3-13)9-6-17-16-8-11-24-18(16)12-14-7-10-25-19(14)17/h2-5,12H,6-11H2,1H3. The Morgan fingerprint density at radius 1 is 1.16 bits per heavy atom. The fraction of sp³-hybridized carbons (Fsp3) is 0.350. The molecular formula is C20H20FNO3. The Bertz CT molecular complexity index is 784. The van der Waals surface area contributed by atoms with Gasteiger partial charge in [0.2, 0.25) is 0 Å². The molecule has 5 heteroatoms. The molecule has 2 aromatic rings. The molecule has 130 valence electrons. The maximum atomic E-state index is 13.0. The van der Waals surface area contributed by atoms with E-state index < -0.39 is 0 Å². The highest BCUT2D eigenvalue weighted by Gasteiger charge is 2.26. The third kappa shape index (κ3) is 2.95. The second-order valence-electron chi connectivity index (χ2n) is 6.50. The molecule has 4 rings (SSSR count). The van der Waals surface area contributed by atoms with Gasteiger partial charge in [0.25, 0.3) is 5.91 Å². The number of halogens is 1. The molecule has 1 amide bonds. The van der Waals surface area contributed by atoms with Crippen molar-refractivity contribution in [2.75, 3.05) is 26.8 Å². The lowest BCUT2D eigenvalue weighted by Crippen LogP contribution is -2.29. The van der Waals surface area contributed by atoms with E-state index in [1.54, 1.807) is 11.9 Å². The molecule has 0 atom stereocenters. The molecule has 4 nitrogen and oxygen atoms in total. The predicted octanol–water partition coefficient (Wildman–Crippen LogP) is 3.01. The van der Waals surface area contributed by atoms with Crippen molar-refractivity contribution in [3.63, 3.8) is 0 Å². The van der Waals surface area contributed by atoms with Gasteiger partial charge in [-0.25, -0.2) is 4.39 Å². The summed E-state index contributed by atoms with van der Waals surface area (Å²) in [4.78, 5) is 14.2. The molecule has 2 aromatic carbocycles. The maximum Gasteiger partial charge on any atom is 0.253 e. The Balaban J connectivity index is 1.52. The van der Waals surface area contributed by atoms with Crippen LogP contribution in [0.25, 0.3) is 0 Å². The number of rotatable bonds is 4. The average molecular weight is 341 g/mol. The lowest BCUT2D eigenvalue weighted by Gasteiger charge is -2.19. The average Bonchev–Trinajstić information content (AvgIpc) is 3.27. The molecule has 0 N–H and O–H groups in total. The zero-order chi connectivity index (χ0) is 17.4. The van der Waals surface area contributed by atoms with Crippen LogP contribution >= 0.6 is 0 Å². The lowest BCUT2D eigenvalue weighted by molar-refractivity contribution is 0.0796. The first-order chi connectivity index (χ1) is 12.1. The van der Waals surface area contributed by atoms with Crippen molar-refractivity contribution in [2.24, 2.45) is 0 Å². The van der Waals surface area contributed by atoms with Crippen molar-refractivity contribution in [1.82, 2.24) is 4.90 Å². The predicted molar refractivity (Wildman–Crippen MR) is 91.9 cm³/mol. The summed E-state index contributed by atoms with van der Waals surface area (Å²) < 4.78 is 24.6. The van der Waals surface area contributed by atoms with Gasteiger partial charge >= 0.3 is 0 Å². The molecule has 0 aliphatic carbocycles. The first kappa shape index (κ1) is 15.9. The number of hydrogen-bond donors (Lipinski definition) is 0. The Morgan fingerprint density at radius 2 is 1.92 bits per heavy atom. The molecule has 0 aromatic heterocycles. The molecule has 0 bridgehead atoms. The molecule has 0 radical (unpaired) electrons. The zero-order valence-electron chi connectivity index (χ0n) is 14.2. The number of benzene rings is 2. The Hall–Kier alpha value is -2.56. The molecule has 0 saturated carbocycles. The molecular weight excluding hydrogens is 321 g/mol. The van der Waals surface area contributed by atoms with Crippen molar-refractivity contribution in [3.8, 4) is 11.5 Å². The SMILES string of the molecule is CN(CCc1c2c(cc3c1OCC3)OCC2)C(=O)c1ccc(F)cc1. The topological polar surface area (TPSA) is 38.8 Å². The van der Waals surface area contributed by atoms with Crippen molar-refractivity contribution >= 4 is 5.91 Å². The highest BCUT2D eigenvalue weighted by molar-refractivity contribution is 5.94. The van der Waals surface area contributed by atoms with Gasteiger partial charge in [0.05, 0.1) is 13.2 Å². The minimum atomic E-state index is -0.341. The van der Waals surface area contributed by atoms with Crippen LogP contribution in [0.15, 0.2) is 30.3 Å². The van der Waals surface area contributed by atoms with Crippen molar-refractivity contribution in [1.29, 1.82) is 0 Å². The number of carbonyl (C=O) groups is 1. The summed E-state index contributed by atoms with van der Waals surface area (Å²) in [5.41, 5.74) is 4.07. The molecule has 2 aliphatic heterocycles. The number of carbonyl (C=O) groups excluding carboxylic acids is 1. The molecule has 0 fully saturated rings. The largest absolute Gasteiger partial charge is 0.493 e. The van der Waals surface area contributed by atoms with E-state index in [4.69, 9.17) is 9.47 Å². The van der Waals surface area contributed by atoms with Gasteiger partial charge in [0.15, 0.2) is 0 Å². The second kappa shape index (κ2) is 6.39. The van der Waals surface area contributed by atoms with Crippen molar-refractivity contribution < 1.29 is 18.7 Å². The number of fused-ring (bicyclic) bond motifs is 2. The highest BCUT2D eigenvalue weighted by atomic mass is 19.1. The highest BCUT2D eigenvalue weighted by Crippen LogP contribution is 2.40. The van der Waals surface area contributed by atoms with Gasteiger partial charge in [-0.3, -0.25) is 4.79 Å². The fourth-order valence-electron chi connectivity index (χ4n) is 3.54. The van der Waals surface area contributed by atoms with Gasteiger partial charge in [-0.1, -0.05) is 0 Å². The van der Waals surface area contributed by atoms with Crippen molar-refractivity contribution in [3.05, 3.63) is 58.4 Å². The van der Waals surface area contributed by atoms with Crippen LogP contribution in [0.4, 0.5) is 4.39 Å². The monoisotopic (exact) mass is 341 g/mol. The van der Waals surface area contributed by atoms with Crippen LogP contribution in [0.2, 0.25) is 0 Å². The summed E-state index contributed by atoms with van der Waals surface area (Å²) in [6.45, 7) is 1.98. The van der Waals surface area contributed by atoms with E-state index in [1.165, 1.54) is 41.0 Å². The number of nitrogens with zero attached hydrogens (tertiary/aromatic N) is 1. The van der Waals surface area contributed by atoms with E-state index in [0.29, 0.717) is 25.3 Å². The van der Waals surface area contributed by atoms with Gasteiger partial charge in [-0.05, 0) is 36.8 Å². The Morgan fingerprint density at radius 3 is 2.72 bits per heavy atom. The van der Waals surface area contributed by atoms with E-state index in [1.807, 2.05) is 0 Å². The first-order valence-electron chi connectivity index (χ1n) is 8.58. The minimum Gasteiger partial charge on any atom is -0.493 e. The van der Waals surface area contributed by atoms with Crippen molar-refractivity contribution in [2.45, 2.75) is 19.3 Å². The Labute approximate surface area is 146 Å². The zero-order valence-corrected chi connectivity index (χ0v) is 14.2. The summed E-state index contributed by atoms with van der Waals surface area (Å²) in [5, 5.41) is 0. The van der Waals surface area contributed by atoms with Gasteiger partial charge in [-0.15, -0.1) is 0 Å². The minimum absolute atomic E-state index is 0.110. The van der Waals surface area contributed by atoms with E-state index in [2.05, 4.69) is 6.07 Å². The molecule has 2 heterocycles. The van der Waals surface area contributed by atoms with Crippen LogP contribution in [0.5, 0.6) is 11.5 Å². The molecule has 0 spiro atoms. The van der Waals surface area contributed by atoms with Gasteiger partial charge in [0.1, 0.15) is 17.3 Å². The van der Waals surface area contributed by atoms with Crippen LogP contribution in [0, 0.1) is 5.82 Å². The van der Waals surface area contributed by atoms with E-state index in [0.717, 1.165) is 30.8 Å².